The van der Waals surface area contributed by atoms with E-state index in [1.807, 2.05) is 30.3 Å². The van der Waals surface area contributed by atoms with Crippen molar-refractivity contribution in [3.8, 4) is 16.9 Å². The van der Waals surface area contributed by atoms with Crippen LogP contribution in [-0.4, -0.2) is 32.9 Å². The number of amides is 1. The number of hydrogen-bond donors (Lipinski definition) is 2. The molecule has 0 saturated heterocycles. The third-order valence-electron chi connectivity index (χ3n) is 5.02. The second-order valence-electron chi connectivity index (χ2n) is 7.12. The fraction of sp³-hybridized carbons (Fsp3) is 0.130. The Morgan fingerprint density at radius 2 is 1.87 bits per heavy atom. The Hall–Kier alpha value is -4.00. The lowest BCUT2D eigenvalue weighted by Crippen LogP contribution is -2.34. The summed E-state index contributed by atoms with van der Waals surface area (Å²) in [6.45, 7) is 1.11. The van der Waals surface area contributed by atoms with Gasteiger partial charge in [0.05, 0.1) is 17.6 Å². The predicted octanol–water partition coefficient (Wildman–Crippen LogP) is 2.78. The molecule has 0 saturated carbocycles. The molecule has 0 aliphatic carbocycles. The highest BCUT2D eigenvalue weighted by Crippen LogP contribution is 2.31. The molecule has 0 bridgehead atoms. The van der Waals surface area contributed by atoms with Crippen LogP contribution in [0, 0.1) is 0 Å². The number of benzene rings is 2. The van der Waals surface area contributed by atoms with E-state index in [0.717, 1.165) is 22.0 Å². The number of Topliss-reactive ketones (excluding diaryl/α,β-unsaturated/α-hetero) is 1. The van der Waals surface area contributed by atoms with Crippen LogP contribution >= 0.6 is 0 Å². The van der Waals surface area contributed by atoms with Gasteiger partial charge in [-0.1, -0.05) is 24.3 Å². The molecule has 0 spiro atoms. The molecule has 150 valence electrons. The third-order valence-corrected chi connectivity index (χ3v) is 5.02. The Kier molecular flexibility index (Phi) is 4.79. The van der Waals surface area contributed by atoms with Crippen molar-refractivity contribution in [2.45, 2.75) is 6.92 Å². The van der Waals surface area contributed by atoms with Crippen molar-refractivity contribution in [2.75, 3.05) is 6.54 Å². The maximum Gasteiger partial charge on any atom is 0.267 e. The number of aryl methyl sites for hydroxylation is 1. The number of carbonyl (C=O) groups is 2. The Morgan fingerprint density at radius 3 is 2.63 bits per heavy atom. The van der Waals surface area contributed by atoms with E-state index in [1.165, 1.54) is 18.5 Å². The zero-order chi connectivity index (χ0) is 21.4. The van der Waals surface area contributed by atoms with E-state index in [2.05, 4.69) is 10.3 Å². The van der Waals surface area contributed by atoms with Gasteiger partial charge in [0.25, 0.3) is 11.5 Å². The summed E-state index contributed by atoms with van der Waals surface area (Å²) in [5.74, 6) is -1.44. The molecule has 4 rings (SSSR count). The molecule has 1 amide bonds. The Balaban J connectivity index is 1.84. The molecule has 2 N–H and O–H groups in total. The van der Waals surface area contributed by atoms with Crippen LogP contribution in [0.15, 0.2) is 59.5 Å². The van der Waals surface area contributed by atoms with Crippen molar-refractivity contribution >= 4 is 33.5 Å². The smallest absolute Gasteiger partial charge is 0.267 e. The van der Waals surface area contributed by atoms with Crippen LogP contribution in [-0.2, 0) is 11.8 Å². The molecule has 0 aliphatic rings. The van der Waals surface area contributed by atoms with E-state index in [0.29, 0.717) is 10.9 Å². The van der Waals surface area contributed by atoms with Crippen molar-refractivity contribution in [2.24, 2.45) is 7.05 Å². The number of fused-ring (bicyclic) bond motifs is 2. The summed E-state index contributed by atoms with van der Waals surface area (Å²) < 4.78 is 1.32. The van der Waals surface area contributed by atoms with Crippen molar-refractivity contribution in [3.05, 3.63) is 70.6 Å². The molecular formula is C23H19N3O4. The number of aromatic nitrogens is 2. The van der Waals surface area contributed by atoms with Gasteiger partial charge in [0.2, 0.25) is 0 Å². The molecule has 0 fully saturated rings. The van der Waals surface area contributed by atoms with Crippen LogP contribution in [0.25, 0.3) is 32.9 Å². The largest absolute Gasteiger partial charge is 0.506 e. The molecule has 2 heterocycles. The SMILES string of the molecule is CC(=O)CNC(=O)c1c(O)c2ccc(-c3cnc4ccccc4c3)cc2n(C)c1=O. The molecule has 0 radical (unpaired) electrons. The molecule has 7 nitrogen and oxygen atoms in total. The van der Waals surface area contributed by atoms with E-state index in [9.17, 15) is 19.5 Å². The van der Waals surface area contributed by atoms with Gasteiger partial charge in [0, 0.05) is 29.6 Å². The van der Waals surface area contributed by atoms with Crippen molar-refractivity contribution < 1.29 is 14.7 Å². The highest BCUT2D eigenvalue weighted by molar-refractivity contribution is 6.04. The quantitative estimate of drug-likeness (QED) is 0.548. The van der Waals surface area contributed by atoms with Gasteiger partial charge in [0.1, 0.15) is 17.1 Å². The van der Waals surface area contributed by atoms with Crippen LogP contribution in [0.3, 0.4) is 0 Å². The summed E-state index contributed by atoms with van der Waals surface area (Å²) in [4.78, 5) is 40.7. The van der Waals surface area contributed by atoms with Crippen molar-refractivity contribution in [3.63, 3.8) is 0 Å². The number of carbonyl (C=O) groups excluding carboxylic acids is 2. The first-order valence-electron chi connectivity index (χ1n) is 9.35. The molecule has 4 aromatic rings. The first-order valence-corrected chi connectivity index (χ1v) is 9.35. The van der Waals surface area contributed by atoms with Crippen LogP contribution in [0.5, 0.6) is 5.75 Å². The summed E-state index contributed by atoms with van der Waals surface area (Å²) in [6.07, 6.45) is 1.75. The van der Waals surface area contributed by atoms with Crippen molar-refractivity contribution in [1.82, 2.24) is 14.9 Å². The predicted molar refractivity (Wildman–Crippen MR) is 115 cm³/mol. The first-order chi connectivity index (χ1) is 14.4. The summed E-state index contributed by atoms with van der Waals surface area (Å²) in [5, 5.41) is 14.3. The lowest BCUT2D eigenvalue weighted by Gasteiger charge is -2.13. The average molecular weight is 401 g/mol. The van der Waals surface area contributed by atoms with E-state index in [4.69, 9.17) is 0 Å². The second-order valence-corrected chi connectivity index (χ2v) is 7.12. The molecule has 2 aromatic carbocycles. The minimum Gasteiger partial charge on any atom is -0.506 e. The minimum absolute atomic E-state index is 0.215. The van der Waals surface area contributed by atoms with Crippen molar-refractivity contribution in [1.29, 1.82) is 0 Å². The number of pyridine rings is 2. The van der Waals surface area contributed by atoms with Crippen LogP contribution in [0.4, 0.5) is 0 Å². The standard InChI is InChI=1S/C23H19N3O4/c1-13(27)11-25-22(29)20-21(28)17-8-7-14(10-19(17)26(2)23(20)30)16-9-15-5-3-4-6-18(15)24-12-16/h3-10,12,28H,11H2,1-2H3,(H,25,29). The van der Waals surface area contributed by atoms with Gasteiger partial charge in [-0.2, -0.15) is 0 Å². The normalized spacial score (nSPS) is 11.0. The zero-order valence-electron chi connectivity index (χ0n) is 16.5. The average Bonchev–Trinajstić information content (AvgIpc) is 2.75. The Labute approximate surface area is 171 Å². The number of nitrogens with zero attached hydrogens (tertiary/aromatic N) is 2. The molecule has 2 aromatic heterocycles. The second kappa shape index (κ2) is 7.44. The highest BCUT2D eigenvalue weighted by atomic mass is 16.3. The Morgan fingerprint density at radius 1 is 1.10 bits per heavy atom. The third kappa shape index (κ3) is 3.30. The van der Waals surface area contributed by atoms with Gasteiger partial charge >= 0.3 is 0 Å². The maximum atomic E-state index is 12.8. The lowest BCUT2D eigenvalue weighted by atomic mass is 10.0. The monoisotopic (exact) mass is 401 g/mol. The first kappa shape index (κ1) is 19.3. The number of rotatable bonds is 4. The van der Waals surface area contributed by atoms with Gasteiger partial charge in [-0.3, -0.25) is 19.4 Å². The van der Waals surface area contributed by atoms with Crippen LogP contribution in [0.1, 0.15) is 17.3 Å². The number of hydrogen-bond acceptors (Lipinski definition) is 5. The van der Waals surface area contributed by atoms with Gasteiger partial charge in [-0.05, 0) is 36.8 Å². The molecule has 0 aliphatic heterocycles. The van der Waals surface area contributed by atoms with E-state index >= 15 is 0 Å². The van der Waals surface area contributed by atoms with Gasteiger partial charge in [-0.15, -0.1) is 0 Å². The number of ketones is 1. The summed E-state index contributed by atoms with van der Waals surface area (Å²) >= 11 is 0. The zero-order valence-corrected chi connectivity index (χ0v) is 16.5. The summed E-state index contributed by atoms with van der Waals surface area (Å²) in [7, 11) is 1.54. The lowest BCUT2D eigenvalue weighted by molar-refractivity contribution is -0.116. The van der Waals surface area contributed by atoms with Crippen LogP contribution in [0.2, 0.25) is 0 Å². The molecule has 7 heteroatoms. The molecule has 0 unspecified atom stereocenters. The topological polar surface area (TPSA) is 101 Å². The number of nitrogens with one attached hydrogen (secondary N) is 1. The van der Waals surface area contributed by atoms with E-state index in [-0.39, 0.29) is 17.9 Å². The number of para-hydroxylation sites is 1. The molecular weight excluding hydrogens is 382 g/mol. The highest BCUT2D eigenvalue weighted by Gasteiger charge is 2.21. The van der Waals surface area contributed by atoms with Gasteiger partial charge in [0.15, 0.2) is 0 Å². The summed E-state index contributed by atoms with van der Waals surface area (Å²) in [6, 6.07) is 15.0. The van der Waals surface area contributed by atoms with Gasteiger partial charge in [-0.25, -0.2) is 0 Å². The van der Waals surface area contributed by atoms with E-state index < -0.39 is 17.2 Å². The minimum atomic E-state index is -0.784. The molecule has 0 atom stereocenters. The maximum absolute atomic E-state index is 12.8. The summed E-state index contributed by atoms with van der Waals surface area (Å²) in [5.41, 5.74) is 2.02. The molecule has 30 heavy (non-hydrogen) atoms. The fourth-order valence-electron chi connectivity index (χ4n) is 3.43. The van der Waals surface area contributed by atoms with E-state index in [1.54, 1.807) is 24.4 Å². The Bertz CT molecular complexity index is 1390. The van der Waals surface area contributed by atoms with Gasteiger partial charge < -0.3 is 15.0 Å². The van der Waals surface area contributed by atoms with Crippen LogP contribution < -0.4 is 10.9 Å². The number of aromatic hydroxyl groups is 1. The fourth-order valence-corrected chi connectivity index (χ4v) is 3.43.